The second kappa shape index (κ2) is 4.91. The molecule has 0 saturated carbocycles. The van der Waals surface area contributed by atoms with Crippen LogP contribution in [0.25, 0.3) is 0 Å². The molecule has 0 unspecified atom stereocenters. The molecule has 1 heterocycles. The number of amides is 2. The summed E-state index contributed by atoms with van der Waals surface area (Å²) in [6.07, 6.45) is 2.11. The summed E-state index contributed by atoms with van der Waals surface area (Å²) in [6.45, 7) is 4.31. The molecule has 2 amide bonds. The molecular formula is C11H18N2O2S. The van der Waals surface area contributed by atoms with Gasteiger partial charge in [-0.05, 0) is 18.3 Å². The predicted molar refractivity (Wildman–Crippen MR) is 65.8 cm³/mol. The van der Waals surface area contributed by atoms with E-state index in [1.54, 1.807) is 0 Å². The SMILES string of the molecule is CC1(C)CC(=O)N(CCCC(N)=S)C(=O)C1. The maximum absolute atomic E-state index is 11.7. The van der Waals surface area contributed by atoms with Gasteiger partial charge in [-0.1, -0.05) is 26.1 Å². The van der Waals surface area contributed by atoms with Gasteiger partial charge < -0.3 is 5.73 Å². The van der Waals surface area contributed by atoms with E-state index >= 15 is 0 Å². The quantitative estimate of drug-likeness (QED) is 0.595. The molecule has 0 spiro atoms. The number of hydrogen-bond donors (Lipinski definition) is 1. The van der Waals surface area contributed by atoms with Crippen LogP contribution in [-0.4, -0.2) is 28.2 Å². The van der Waals surface area contributed by atoms with Crippen molar-refractivity contribution in [3.05, 3.63) is 0 Å². The molecule has 1 aliphatic heterocycles. The molecule has 1 fully saturated rings. The summed E-state index contributed by atoms with van der Waals surface area (Å²) in [6, 6.07) is 0. The van der Waals surface area contributed by atoms with Gasteiger partial charge in [-0.2, -0.15) is 0 Å². The Bertz CT molecular complexity index is 306. The van der Waals surface area contributed by atoms with E-state index in [1.165, 1.54) is 4.90 Å². The zero-order valence-corrected chi connectivity index (χ0v) is 10.6. The number of nitrogens with two attached hydrogens (primary N) is 1. The van der Waals surface area contributed by atoms with Crippen LogP contribution in [0.4, 0.5) is 0 Å². The molecule has 90 valence electrons. The molecule has 16 heavy (non-hydrogen) atoms. The minimum atomic E-state index is -0.201. The van der Waals surface area contributed by atoms with Crippen LogP contribution in [0.2, 0.25) is 0 Å². The lowest BCUT2D eigenvalue weighted by Crippen LogP contribution is -2.46. The number of carbonyl (C=O) groups is 2. The third kappa shape index (κ3) is 3.56. The Labute approximate surface area is 101 Å². The zero-order valence-electron chi connectivity index (χ0n) is 9.78. The molecule has 1 rings (SSSR count). The van der Waals surface area contributed by atoms with Crippen LogP contribution in [0, 0.1) is 5.41 Å². The van der Waals surface area contributed by atoms with Gasteiger partial charge in [0.25, 0.3) is 0 Å². The summed E-state index contributed by atoms with van der Waals surface area (Å²) in [5.74, 6) is -0.159. The van der Waals surface area contributed by atoms with Crippen molar-refractivity contribution in [1.29, 1.82) is 0 Å². The molecule has 0 aromatic heterocycles. The maximum Gasteiger partial charge on any atom is 0.229 e. The Morgan fingerprint density at radius 3 is 2.31 bits per heavy atom. The topological polar surface area (TPSA) is 63.4 Å². The van der Waals surface area contributed by atoms with Crippen molar-refractivity contribution >= 4 is 29.0 Å². The number of likely N-dealkylation sites (tertiary alicyclic amines) is 1. The predicted octanol–water partition coefficient (Wildman–Crippen LogP) is 1.23. The van der Waals surface area contributed by atoms with Gasteiger partial charge in [0.05, 0.1) is 4.99 Å². The lowest BCUT2D eigenvalue weighted by atomic mass is 9.82. The van der Waals surface area contributed by atoms with Crippen LogP contribution in [-0.2, 0) is 9.59 Å². The molecule has 0 aliphatic carbocycles. The minimum absolute atomic E-state index is 0.0795. The first-order valence-corrected chi connectivity index (χ1v) is 5.84. The van der Waals surface area contributed by atoms with Gasteiger partial charge >= 0.3 is 0 Å². The van der Waals surface area contributed by atoms with Gasteiger partial charge in [0.2, 0.25) is 11.8 Å². The van der Waals surface area contributed by atoms with E-state index in [9.17, 15) is 9.59 Å². The van der Waals surface area contributed by atoms with Crippen LogP contribution in [0.3, 0.4) is 0 Å². The maximum atomic E-state index is 11.7. The summed E-state index contributed by atoms with van der Waals surface area (Å²) in [4.78, 5) is 25.2. The summed E-state index contributed by atoms with van der Waals surface area (Å²) in [5.41, 5.74) is 5.16. The first-order chi connectivity index (χ1) is 7.32. The van der Waals surface area contributed by atoms with Crippen molar-refractivity contribution in [2.24, 2.45) is 11.1 Å². The number of thiocarbonyl (C=S) groups is 1. The number of imide groups is 1. The molecule has 2 N–H and O–H groups in total. The van der Waals surface area contributed by atoms with Gasteiger partial charge in [0.1, 0.15) is 0 Å². The normalized spacial score (nSPS) is 20.0. The number of piperidine rings is 1. The average Bonchev–Trinajstić information content (AvgIpc) is 2.07. The average molecular weight is 242 g/mol. The monoisotopic (exact) mass is 242 g/mol. The number of carbonyl (C=O) groups excluding carboxylic acids is 2. The number of nitrogens with zero attached hydrogens (tertiary/aromatic N) is 1. The summed E-state index contributed by atoms with van der Waals surface area (Å²) in [5, 5.41) is 0. The molecule has 0 aromatic rings. The standard InChI is InChI=1S/C11H18N2O2S/c1-11(2)6-9(14)13(10(15)7-11)5-3-4-8(12)16/h3-7H2,1-2H3,(H2,12,16). The van der Waals surface area contributed by atoms with Crippen LogP contribution < -0.4 is 5.73 Å². The smallest absolute Gasteiger partial charge is 0.229 e. The summed E-state index contributed by atoms with van der Waals surface area (Å²) >= 11 is 4.75. The largest absolute Gasteiger partial charge is 0.393 e. The van der Waals surface area contributed by atoms with E-state index in [0.29, 0.717) is 37.2 Å². The Hall–Kier alpha value is -0.970. The Balaban J connectivity index is 2.51. The molecule has 1 aliphatic rings. The molecule has 0 bridgehead atoms. The Morgan fingerprint density at radius 2 is 1.88 bits per heavy atom. The van der Waals surface area contributed by atoms with Crippen molar-refractivity contribution in [3.63, 3.8) is 0 Å². The third-order valence-corrected chi connectivity index (χ3v) is 2.87. The van der Waals surface area contributed by atoms with Crippen molar-refractivity contribution in [2.75, 3.05) is 6.54 Å². The van der Waals surface area contributed by atoms with Gasteiger partial charge in [-0.25, -0.2) is 0 Å². The summed E-state index contributed by atoms with van der Waals surface area (Å²) < 4.78 is 0. The zero-order chi connectivity index (χ0) is 12.3. The first kappa shape index (κ1) is 13.1. The third-order valence-electron chi connectivity index (χ3n) is 2.67. The van der Waals surface area contributed by atoms with Crippen molar-refractivity contribution < 1.29 is 9.59 Å². The highest BCUT2D eigenvalue weighted by atomic mass is 32.1. The van der Waals surface area contributed by atoms with Crippen LogP contribution >= 0.6 is 12.2 Å². The van der Waals surface area contributed by atoms with E-state index < -0.39 is 0 Å². The van der Waals surface area contributed by atoms with Gasteiger partial charge in [0, 0.05) is 19.4 Å². The van der Waals surface area contributed by atoms with Gasteiger partial charge in [-0.3, -0.25) is 14.5 Å². The van der Waals surface area contributed by atoms with E-state index in [0.717, 1.165) is 0 Å². The molecule has 0 atom stereocenters. The second-order valence-electron chi connectivity index (χ2n) is 5.03. The summed E-state index contributed by atoms with van der Waals surface area (Å²) in [7, 11) is 0. The van der Waals surface area contributed by atoms with Crippen LogP contribution in [0.1, 0.15) is 39.5 Å². The van der Waals surface area contributed by atoms with E-state index in [2.05, 4.69) is 0 Å². The highest BCUT2D eigenvalue weighted by Crippen LogP contribution is 2.31. The van der Waals surface area contributed by atoms with E-state index in [1.807, 2.05) is 13.8 Å². The Morgan fingerprint density at radius 1 is 1.38 bits per heavy atom. The second-order valence-corrected chi connectivity index (χ2v) is 5.55. The molecule has 0 aromatic carbocycles. The van der Waals surface area contributed by atoms with Gasteiger partial charge in [-0.15, -0.1) is 0 Å². The molecule has 5 heteroatoms. The molecule has 1 saturated heterocycles. The van der Waals surface area contributed by atoms with E-state index in [4.69, 9.17) is 18.0 Å². The van der Waals surface area contributed by atoms with Gasteiger partial charge in [0.15, 0.2) is 0 Å². The van der Waals surface area contributed by atoms with Crippen molar-refractivity contribution in [2.45, 2.75) is 39.5 Å². The van der Waals surface area contributed by atoms with E-state index in [-0.39, 0.29) is 17.2 Å². The molecular weight excluding hydrogens is 224 g/mol. The van der Waals surface area contributed by atoms with Crippen LogP contribution in [0.15, 0.2) is 0 Å². The first-order valence-electron chi connectivity index (χ1n) is 5.43. The highest BCUT2D eigenvalue weighted by Gasteiger charge is 2.36. The lowest BCUT2D eigenvalue weighted by molar-refractivity contribution is -0.152. The number of rotatable bonds is 4. The molecule has 0 radical (unpaired) electrons. The number of hydrogen-bond acceptors (Lipinski definition) is 3. The minimum Gasteiger partial charge on any atom is -0.393 e. The fourth-order valence-corrected chi connectivity index (χ4v) is 2.02. The molecule has 4 nitrogen and oxygen atoms in total. The van der Waals surface area contributed by atoms with Crippen molar-refractivity contribution in [3.8, 4) is 0 Å². The highest BCUT2D eigenvalue weighted by molar-refractivity contribution is 7.80. The fraction of sp³-hybridized carbons (Fsp3) is 0.727. The fourth-order valence-electron chi connectivity index (χ4n) is 1.87. The van der Waals surface area contributed by atoms with Crippen molar-refractivity contribution in [1.82, 2.24) is 4.90 Å². The lowest BCUT2D eigenvalue weighted by Gasteiger charge is -2.34. The van der Waals surface area contributed by atoms with Crippen LogP contribution in [0.5, 0.6) is 0 Å². The Kier molecular flexibility index (Phi) is 4.02.